The Labute approximate surface area is 133 Å². The van der Waals surface area contributed by atoms with Crippen molar-refractivity contribution in [2.45, 2.75) is 17.0 Å². The van der Waals surface area contributed by atoms with E-state index in [1.165, 1.54) is 0 Å². The highest BCUT2D eigenvalue weighted by molar-refractivity contribution is 8.01. The van der Waals surface area contributed by atoms with Gasteiger partial charge in [0.05, 0.1) is 18.6 Å². The molecule has 0 saturated carbocycles. The lowest BCUT2D eigenvalue weighted by atomic mass is 9.93. The number of methoxy groups -OCH3 is 1. The van der Waals surface area contributed by atoms with Gasteiger partial charge in [0, 0.05) is 17.9 Å². The van der Waals surface area contributed by atoms with Crippen molar-refractivity contribution < 1.29 is 32.4 Å². The van der Waals surface area contributed by atoms with E-state index >= 15 is 0 Å². The number of hydrogen-bond donors (Lipinski definition) is 0. The zero-order valence-electron chi connectivity index (χ0n) is 11.8. The Morgan fingerprint density at radius 2 is 2.04 bits per heavy atom. The molecular formula is C13H12F3NO5S. The summed E-state index contributed by atoms with van der Waals surface area (Å²) in [6, 6.07) is 4.43. The Balaban J connectivity index is 2.51. The number of nitrogens with zero attached hydrogens (tertiary/aromatic N) is 1. The van der Waals surface area contributed by atoms with Gasteiger partial charge in [-0.25, -0.2) is 0 Å². The average Bonchev–Trinajstić information content (AvgIpc) is 2.53. The van der Waals surface area contributed by atoms with Gasteiger partial charge in [0.2, 0.25) is 4.75 Å². The highest BCUT2D eigenvalue weighted by Crippen LogP contribution is 2.54. The largest absolute Gasteiger partial charge is 0.468 e. The third-order valence-corrected chi connectivity index (χ3v) is 4.82. The van der Waals surface area contributed by atoms with Crippen molar-refractivity contribution in [3.8, 4) is 0 Å². The van der Waals surface area contributed by atoms with Crippen LogP contribution in [0.25, 0.3) is 0 Å². The summed E-state index contributed by atoms with van der Waals surface area (Å²) in [5, 5.41) is 10.6. The molecule has 1 aliphatic rings. The number of carbonyl (C=O) groups excluding carboxylic acids is 1. The molecule has 23 heavy (non-hydrogen) atoms. The number of benzene rings is 1. The van der Waals surface area contributed by atoms with Gasteiger partial charge >= 0.3 is 12.1 Å². The Hall–Kier alpha value is -1.81. The van der Waals surface area contributed by atoms with Gasteiger partial charge in [-0.2, -0.15) is 13.2 Å². The van der Waals surface area contributed by atoms with E-state index in [-0.39, 0.29) is 23.6 Å². The highest BCUT2D eigenvalue weighted by atomic mass is 32.2. The highest BCUT2D eigenvalue weighted by Gasteiger charge is 2.68. The number of ether oxygens (including phenoxy) is 2. The molecule has 6 nitrogen and oxygen atoms in total. The third-order valence-electron chi connectivity index (χ3n) is 3.38. The number of non-ortho nitro benzene ring substituents is 1. The number of esters is 1. The molecule has 2 atom stereocenters. The summed E-state index contributed by atoms with van der Waals surface area (Å²) < 4.78 is 47.7. The summed E-state index contributed by atoms with van der Waals surface area (Å²) >= 11 is 0.405. The SMILES string of the molecule is COC(=O)C1(C(F)(F)F)SCCOC1c1ccc([N+](=O)[O-])cc1. The number of thioether (sulfide) groups is 1. The summed E-state index contributed by atoms with van der Waals surface area (Å²) in [6.45, 7) is 0.0150. The summed E-state index contributed by atoms with van der Waals surface area (Å²) in [4.78, 5) is 21.9. The fourth-order valence-corrected chi connectivity index (χ4v) is 3.55. The first-order valence-corrected chi connectivity index (χ1v) is 7.37. The summed E-state index contributed by atoms with van der Waals surface area (Å²) in [5.41, 5.74) is -0.251. The summed E-state index contributed by atoms with van der Waals surface area (Å²) in [6.07, 6.45) is -6.56. The average molecular weight is 351 g/mol. The number of nitro groups is 1. The van der Waals surface area contributed by atoms with Crippen LogP contribution in [0, 0.1) is 10.1 Å². The zero-order valence-corrected chi connectivity index (χ0v) is 12.6. The Bertz CT molecular complexity index is 607. The van der Waals surface area contributed by atoms with Crippen LogP contribution in [0.1, 0.15) is 11.7 Å². The van der Waals surface area contributed by atoms with E-state index in [9.17, 15) is 28.1 Å². The molecule has 0 bridgehead atoms. The van der Waals surface area contributed by atoms with Crippen molar-refractivity contribution in [1.29, 1.82) is 0 Å². The molecule has 2 rings (SSSR count). The van der Waals surface area contributed by atoms with Crippen LogP contribution < -0.4 is 0 Å². The number of hydrogen-bond acceptors (Lipinski definition) is 6. The van der Waals surface area contributed by atoms with Crippen LogP contribution in [0.3, 0.4) is 0 Å². The fraction of sp³-hybridized carbons (Fsp3) is 0.462. The van der Waals surface area contributed by atoms with Gasteiger partial charge in [-0.1, -0.05) is 0 Å². The predicted octanol–water partition coefficient (Wildman–Crippen LogP) is 2.87. The topological polar surface area (TPSA) is 78.7 Å². The van der Waals surface area contributed by atoms with Gasteiger partial charge in [-0.05, 0) is 17.7 Å². The molecule has 2 unspecified atom stereocenters. The van der Waals surface area contributed by atoms with Gasteiger partial charge in [-0.3, -0.25) is 14.9 Å². The van der Waals surface area contributed by atoms with Crippen LogP contribution in [0.4, 0.5) is 18.9 Å². The molecule has 0 aliphatic carbocycles. The number of rotatable bonds is 3. The molecular weight excluding hydrogens is 339 g/mol. The Kier molecular flexibility index (Phi) is 4.85. The lowest BCUT2D eigenvalue weighted by molar-refractivity contribution is -0.384. The van der Waals surface area contributed by atoms with Crippen molar-refractivity contribution in [3.63, 3.8) is 0 Å². The fourth-order valence-electron chi connectivity index (χ4n) is 2.33. The monoisotopic (exact) mass is 351 g/mol. The van der Waals surface area contributed by atoms with Crippen molar-refractivity contribution in [2.75, 3.05) is 19.5 Å². The lowest BCUT2D eigenvalue weighted by Crippen LogP contribution is -2.57. The number of nitro benzene ring substituents is 1. The molecule has 1 fully saturated rings. The molecule has 1 saturated heterocycles. The second-order valence-electron chi connectivity index (χ2n) is 4.67. The van der Waals surface area contributed by atoms with Crippen LogP contribution >= 0.6 is 11.8 Å². The maximum absolute atomic E-state index is 13.7. The molecule has 1 aromatic carbocycles. The quantitative estimate of drug-likeness (QED) is 0.473. The van der Waals surface area contributed by atoms with Crippen LogP contribution in [0.2, 0.25) is 0 Å². The van der Waals surface area contributed by atoms with E-state index in [1.54, 1.807) is 0 Å². The van der Waals surface area contributed by atoms with Crippen LogP contribution in [0.5, 0.6) is 0 Å². The minimum atomic E-state index is -4.92. The van der Waals surface area contributed by atoms with E-state index < -0.39 is 27.9 Å². The first-order chi connectivity index (χ1) is 10.7. The molecule has 0 aromatic heterocycles. The molecule has 1 heterocycles. The smallest absolute Gasteiger partial charge is 0.416 e. The van der Waals surface area contributed by atoms with Gasteiger partial charge < -0.3 is 9.47 Å². The predicted molar refractivity (Wildman–Crippen MR) is 75.0 cm³/mol. The van der Waals surface area contributed by atoms with Crippen molar-refractivity contribution >= 4 is 23.4 Å². The van der Waals surface area contributed by atoms with E-state index in [0.29, 0.717) is 11.8 Å². The van der Waals surface area contributed by atoms with Crippen LogP contribution in [0.15, 0.2) is 24.3 Å². The maximum Gasteiger partial charge on any atom is 0.416 e. The maximum atomic E-state index is 13.7. The second-order valence-corrected chi connectivity index (χ2v) is 6.01. The first-order valence-electron chi connectivity index (χ1n) is 6.39. The summed E-state index contributed by atoms with van der Waals surface area (Å²) in [5.74, 6) is -1.49. The number of halogens is 3. The van der Waals surface area contributed by atoms with Crippen molar-refractivity contribution in [3.05, 3.63) is 39.9 Å². The van der Waals surface area contributed by atoms with E-state index in [1.807, 2.05) is 0 Å². The zero-order chi connectivity index (χ0) is 17.3. The van der Waals surface area contributed by atoms with Gasteiger partial charge in [0.1, 0.15) is 6.10 Å². The molecule has 0 radical (unpaired) electrons. The standard InChI is InChI=1S/C13H12F3NO5S/c1-21-11(18)12(13(14,15)16)10(22-6-7-23-12)8-2-4-9(5-3-8)17(19)20/h2-5,10H,6-7H2,1H3. The van der Waals surface area contributed by atoms with Crippen molar-refractivity contribution in [1.82, 2.24) is 0 Å². The van der Waals surface area contributed by atoms with Gasteiger partial charge in [0.25, 0.3) is 5.69 Å². The number of carbonyl (C=O) groups is 1. The van der Waals surface area contributed by atoms with Gasteiger partial charge in [0.15, 0.2) is 0 Å². The summed E-state index contributed by atoms with van der Waals surface area (Å²) in [7, 11) is 0.873. The van der Waals surface area contributed by atoms with E-state index in [4.69, 9.17) is 4.74 Å². The molecule has 126 valence electrons. The minimum Gasteiger partial charge on any atom is -0.468 e. The lowest BCUT2D eigenvalue weighted by Gasteiger charge is -2.41. The Morgan fingerprint density at radius 3 is 2.52 bits per heavy atom. The molecule has 1 aliphatic heterocycles. The second kappa shape index (κ2) is 6.36. The molecule has 10 heteroatoms. The molecule has 1 aromatic rings. The van der Waals surface area contributed by atoms with Crippen LogP contribution in [-0.2, 0) is 14.3 Å². The molecule has 0 N–H and O–H groups in total. The molecule has 0 spiro atoms. The van der Waals surface area contributed by atoms with Gasteiger partial charge in [-0.15, -0.1) is 11.8 Å². The Morgan fingerprint density at radius 1 is 1.43 bits per heavy atom. The van der Waals surface area contributed by atoms with E-state index in [2.05, 4.69) is 4.74 Å². The van der Waals surface area contributed by atoms with E-state index in [0.717, 1.165) is 31.4 Å². The number of alkyl halides is 3. The van der Waals surface area contributed by atoms with Crippen molar-refractivity contribution in [2.24, 2.45) is 0 Å². The van der Waals surface area contributed by atoms with Crippen LogP contribution in [-0.4, -0.2) is 41.3 Å². The first kappa shape index (κ1) is 17.5. The minimum absolute atomic E-state index is 0.0150. The molecule has 0 amide bonds. The normalized spacial score (nSPS) is 25.0. The third kappa shape index (κ3) is 3.00.